The number of carbonyl (C=O) groups excluding carboxylic acids is 1. The topological polar surface area (TPSA) is 61.8 Å². The van der Waals surface area contributed by atoms with Crippen molar-refractivity contribution in [3.63, 3.8) is 0 Å². The van der Waals surface area contributed by atoms with E-state index in [1.807, 2.05) is 6.07 Å². The van der Waals surface area contributed by atoms with E-state index in [0.717, 1.165) is 31.6 Å². The molecule has 2 aliphatic heterocycles. The maximum Gasteiger partial charge on any atom is 0.257 e. The van der Waals surface area contributed by atoms with Crippen LogP contribution in [0.2, 0.25) is 5.02 Å². The molecule has 5 nitrogen and oxygen atoms in total. The number of amides is 1. The highest BCUT2D eigenvalue weighted by molar-refractivity contribution is 6.33. The summed E-state index contributed by atoms with van der Waals surface area (Å²) < 4.78 is 5.41. The smallest absolute Gasteiger partial charge is 0.257 e. The number of fused-ring (bicyclic) bond motifs is 1. The Kier molecular flexibility index (Phi) is 3.58. The van der Waals surface area contributed by atoms with Crippen molar-refractivity contribution >= 4 is 28.9 Å². The number of halogens is 1. The van der Waals surface area contributed by atoms with Crippen LogP contribution in [0.4, 0.5) is 11.4 Å². The molecule has 0 aromatic heterocycles. The van der Waals surface area contributed by atoms with Gasteiger partial charge in [0.15, 0.2) is 6.10 Å². The highest BCUT2D eigenvalue weighted by Crippen LogP contribution is 2.39. The number of nitrogens with one attached hydrogen (secondary N) is 1. The summed E-state index contributed by atoms with van der Waals surface area (Å²) in [6, 6.07) is 3.51. The highest BCUT2D eigenvalue weighted by Gasteiger charge is 2.31. The molecule has 0 saturated carbocycles. The Hall–Kier alpha value is -1.30. The lowest BCUT2D eigenvalue weighted by Crippen LogP contribution is -2.39. The number of methoxy groups -OCH3 is 1. The molecule has 0 spiro atoms. The van der Waals surface area contributed by atoms with E-state index in [-0.39, 0.29) is 6.10 Å². The average molecular weight is 297 g/mol. The van der Waals surface area contributed by atoms with E-state index in [1.54, 1.807) is 13.2 Å². The molecule has 6 heteroatoms. The van der Waals surface area contributed by atoms with Gasteiger partial charge in [-0.05, 0) is 25.0 Å². The van der Waals surface area contributed by atoms with E-state index < -0.39 is 12.0 Å². The van der Waals surface area contributed by atoms with E-state index in [1.165, 1.54) is 0 Å². The summed E-state index contributed by atoms with van der Waals surface area (Å²) in [7, 11) is 1.72. The van der Waals surface area contributed by atoms with Crippen molar-refractivity contribution in [1.29, 1.82) is 0 Å². The summed E-state index contributed by atoms with van der Waals surface area (Å²) in [5.41, 5.74) is 2.06. The molecule has 2 atom stereocenters. The lowest BCUT2D eigenvalue weighted by Gasteiger charge is -2.34. The third-order valence-electron chi connectivity index (χ3n) is 3.97. The third kappa shape index (κ3) is 2.26. The molecule has 2 aliphatic rings. The highest BCUT2D eigenvalue weighted by atomic mass is 35.5. The van der Waals surface area contributed by atoms with Crippen LogP contribution in [-0.2, 0) is 9.53 Å². The number of aliphatic hydroxyl groups excluding tert-OH is 1. The second-order valence-corrected chi connectivity index (χ2v) is 5.64. The standard InChI is InChI=1S/C14H17ClN2O3/c1-20-8-3-2-4-17(7-8)12-6-11-9(5-10(12)15)13(18)14(19)16-11/h5-6,8,13,18H,2-4,7H2,1H3,(H,16,19). The van der Waals surface area contributed by atoms with E-state index >= 15 is 0 Å². The van der Waals surface area contributed by atoms with Crippen LogP contribution in [0.15, 0.2) is 12.1 Å². The molecule has 0 radical (unpaired) electrons. The van der Waals surface area contributed by atoms with Gasteiger partial charge < -0.3 is 20.1 Å². The van der Waals surface area contributed by atoms with Gasteiger partial charge in [-0.2, -0.15) is 0 Å². The van der Waals surface area contributed by atoms with Gasteiger partial charge in [-0.3, -0.25) is 4.79 Å². The van der Waals surface area contributed by atoms with E-state index in [9.17, 15) is 9.90 Å². The Morgan fingerprint density at radius 2 is 2.30 bits per heavy atom. The predicted molar refractivity (Wildman–Crippen MR) is 77.3 cm³/mol. The molecule has 0 bridgehead atoms. The van der Waals surface area contributed by atoms with Crippen LogP contribution in [0.5, 0.6) is 0 Å². The molecular formula is C14H17ClN2O3. The second-order valence-electron chi connectivity index (χ2n) is 5.23. The number of benzene rings is 1. The number of ether oxygens (including phenoxy) is 1. The van der Waals surface area contributed by atoms with Gasteiger partial charge in [0, 0.05) is 31.5 Å². The van der Waals surface area contributed by atoms with Crippen molar-refractivity contribution in [3.8, 4) is 0 Å². The number of piperidine rings is 1. The van der Waals surface area contributed by atoms with Crippen LogP contribution in [0.3, 0.4) is 0 Å². The minimum atomic E-state index is -1.12. The summed E-state index contributed by atoms with van der Waals surface area (Å²) in [6.07, 6.45) is 1.17. The number of nitrogens with zero attached hydrogens (tertiary/aromatic N) is 1. The first-order valence-electron chi connectivity index (χ1n) is 6.70. The van der Waals surface area contributed by atoms with Gasteiger partial charge in [-0.15, -0.1) is 0 Å². The maximum absolute atomic E-state index is 11.5. The summed E-state index contributed by atoms with van der Waals surface area (Å²) in [6.45, 7) is 1.69. The van der Waals surface area contributed by atoms with Crippen molar-refractivity contribution in [2.75, 3.05) is 30.4 Å². The molecule has 1 aromatic carbocycles. The van der Waals surface area contributed by atoms with Gasteiger partial charge in [-0.1, -0.05) is 11.6 Å². The van der Waals surface area contributed by atoms with Crippen molar-refractivity contribution < 1.29 is 14.6 Å². The largest absolute Gasteiger partial charge is 0.380 e. The molecule has 3 rings (SSSR count). The minimum Gasteiger partial charge on any atom is -0.380 e. The minimum absolute atomic E-state index is 0.202. The normalized spacial score (nSPS) is 25.6. The molecule has 2 N–H and O–H groups in total. The van der Waals surface area contributed by atoms with Crippen molar-refractivity contribution in [1.82, 2.24) is 0 Å². The summed E-state index contributed by atoms with van der Waals surface area (Å²) in [5, 5.41) is 13.0. The van der Waals surface area contributed by atoms with Crippen LogP contribution < -0.4 is 10.2 Å². The lowest BCUT2D eigenvalue weighted by atomic mass is 10.1. The van der Waals surface area contributed by atoms with Crippen molar-refractivity contribution in [2.24, 2.45) is 0 Å². The number of rotatable bonds is 2. The lowest BCUT2D eigenvalue weighted by molar-refractivity contribution is -0.123. The van der Waals surface area contributed by atoms with Crippen molar-refractivity contribution in [2.45, 2.75) is 25.0 Å². The quantitative estimate of drug-likeness (QED) is 0.875. The molecule has 0 aliphatic carbocycles. The van der Waals surface area contributed by atoms with E-state index in [4.69, 9.17) is 16.3 Å². The molecule has 1 aromatic rings. The van der Waals surface area contributed by atoms with Crippen LogP contribution in [0, 0.1) is 0 Å². The monoisotopic (exact) mass is 296 g/mol. The second kappa shape index (κ2) is 5.24. The number of hydrogen-bond donors (Lipinski definition) is 2. The Labute approximate surface area is 122 Å². The molecule has 108 valence electrons. The Morgan fingerprint density at radius 1 is 1.50 bits per heavy atom. The van der Waals surface area contributed by atoms with Crippen LogP contribution >= 0.6 is 11.6 Å². The Balaban J connectivity index is 1.91. The van der Waals surface area contributed by atoms with Gasteiger partial charge in [0.25, 0.3) is 5.91 Å². The number of anilines is 2. The maximum atomic E-state index is 11.5. The zero-order valence-electron chi connectivity index (χ0n) is 11.2. The molecule has 2 heterocycles. The van der Waals surface area contributed by atoms with E-state index in [0.29, 0.717) is 16.3 Å². The van der Waals surface area contributed by atoms with Gasteiger partial charge in [0.05, 0.1) is 16.8 Å². The van der Waals surface area contributed by atoms with Crippen LogP contribution in [0.1, 0.15) is 24.5 Å². The van der Waals surface area contributed by atoms with Gasteiger partial charge in [-0.25, -0.2) is 0 Å². The first-order chi connectivity index (χ1) is 9.60. The summed E-state index contributed by atoms with van der Waals surface area (Å²) in [4.78, 5) is 13.7. The van der Waals surface area contributed by atoms with Gasteiger partial charge >= 0.3 is 0 Å². The number of aliphatic hydroxyl groups is 1. The van der Waals surface area contributed by atoms with Crippen LogP contribution in [0.25, 0.3) is 0 Å². The molecule has 1 fully saturated rings. The number of hydrogen-bond acceptors (Lipinski definition) is 4. The van der Waals surface area contributed by atoms with Gasteiger partial charge in [0.1, 0.15) is 0 Å². The SMILES string of the molecule is COC1CCCN(c2cc3c(cc2Cl)C(O)C(=O)N3)C1. The fraction of sp³-hybridized carbons (Fsp3) is 0.500. The fourth-order valence-electron chi connectivity index (χ4n) is 2.85. The zero-order valence-corrected chi connectivity index (χ0v) is 12.0. The predicted octanol–water partition coefficient (Wildman–Crippen LogP) is 1.94. The first-order valence-corrected chi connectivity index (χ1v) is 7.08. The summed E-state index contributed by atoms with van der Waals surface area (Å²) in [5.74, 6) is -0.401. The van der Waals surface area contributed by atoms with Crippen LogP contribution in [-0.4, -0.2) is 37.3 Å². The van der Waals surface area contributed by atoms with E-state index in [2.05, 4.69) is 10.2 Å². The molecule has 2 unspecified atom stereocenters. The van der Waals surface area contributed by atoms with Crippen molar-refractivity contribution in [3.05, 3.63) is 22.7 Å². The third-order valence-corrected chi connectivity index (χ3v) is 4.27. The van der Waals surface area contributed by atoms with Gasteiger partial charge in [0.2, 0.25) is 0 Å². The molecular weight excluding hydrogens is 280 g/mol. The average Bonchev–Trinajstić information content (AvgIpc) is 2.73. The fourth-order valence-corrected chi connectivity index (χ4v) is 3.14. The summed E-state index contributed by atoms with van der Waals surface area (Å²) >= 11 is 6.31. The Bertz CT molecular complexity index is 549. The zero-order chi connectivity index (χ0) is 14.3. The Morgan fingerprint density at radius 3 is 3.05 bits per heavy atom. The molecule has 20 heavy (non-hydrogen) atoms. The first kappa shape index (κ1) is 13.7. The molecule has 1 amide bonds. The molecule has 1 saturated heterocycles. The number of carbonyl (C=O) groups is 1.